The minimum Gasteiger partial charge on any atom is -0.461 e. The molecule has 24 heavy (non-hydrogen) atoms. The minimum absolute atomic E-state index is 0.0293. The molecule has 0 saturated heterocycles. The number of nitrogens with one attached hydrogen (secondary N) is 1. The Morgan fingerprint density at radius 1 is 0.958 bits per heavy atom. The van der Waals surface area contributed by atoms with E-state index in [1.54, 1.807) is 6.92 Å². The highest BCUT2D eigenvalue weighted by atomic mass is 16.5. The van der Waals surface area contributed by atoms with Gasteiger partial charge in [0, 0.05) is 19.4 Å². The van der Waals surface area contributed by atoms with Gasteiger partial charge in [0.15, 0.2) is 0 Å². The number of ether oxygens (including phenoxy) is 1. The van der Waals surface area contributed by atoms with Gasteiger partial charge in [-0.05, 0) is 23.1 Å². The summed E-state index contributed by atoms with van der Waals surface area (Å²) < 4.78 is 5.13. The van der Waals surface area contributed by atoms with Crippen molar-refractivity contribution >= 4 is 11.9 Å². The molecule has 0 aliphatic rings. The van der Waals surface area contributed by atoms with Crippen LogP contribution in [0.3, 0.4) is 0 Å². The quantitative estimate of drug-likeness (QED) is 0.757. The second-order valence-electron chi connectivity index (χ2n) is 5.60. The second-order valence-corrected chi connectivity index (χ2v) is 5.60. The van der Waals surface area contributed by atoms with Crippen LogP contribution in [0.15, 0.2) is 54.6 Å². The Labute approximate surface area is 142 Å². The summed E-state index contributed by atoms with van der Waals surface area (Å²) >= 11 is 0. The predicted molar refractivity (Wildman–Crippen MR) is 93.1 cm³/mol. The number of aryl methyl sites for hydroxylation is 1. The molecule has 1 N–H and O–H groups in total. The third-order valence-electron chi connectivity index (χ3n) is 3.65. The molecular weight excluding hydrogens is 302 g/mol. The first kappa shape index (κ1) is 17.7. The average molecular weight is 325 g/mol. The maximum atomic E-state index is 11.9. The highest BCUT2D eigenvalue weighted by molar-refractivity contribution is 5.76. The van der Waals surface area contributed by atoms with Gasteiger partial charge in [-0.3, -0.25) is 9.59 Å². The highest BCUT2D eigenvalue weighted by Crippen LogP contribution is 2.09. The van der Waals surface area contributed by atoms with E-state index in [2.05, 4.69) is 5.32 Å². The fourth-order valence-electron chi connectivity index (χ4n) is 2.28. The number of hydrogen-bond donors (Lipinski definition) is 1. The molecule has 4 nitrogen and oxygen atoms in total. The summed E-state index contributed by atoms with van der Waals surface area (Å²) in [6, 6.07) is 17.6. The van der Waals surface area contributed by atoms with E-state index in [4.69, 9.17) is 4.74 Å². The van der Waals surface area contributed by atoms with Crippen molar-refractivity contribution in [2.24, 2.45) is 0 Å². The van der Waals surface area contributed by atoms with Gasteiger partial charge in [0.1, 0.15) is 6.61 Å². The van der Waals surface area contributed by atoms with E-state index in [1.165, 1.54) is 0 Å². The van der Waals surface area contributed by atoms with E-state index in [1.807, 2.05) is 54.6 Å². The van der Waals surface area contributed by atoms with Crippen molar-refractivity contribution < 1.29 is 14.3 Å². The van der Waals surface area contributed by atoms with Crippen LogP contribution in [0.4, 0.5) is 0 Å². The molecule has 0 heterocycles. The fraction of sp³-hybridized carbons (Fsp3) is 0.300. The highest BCUT2D eigenvalue weighted by Gasteiger charge is 2.04. The molecule has 0 atom stereocenters. The van der Waals surface area contributed by atoms with Crippen LogP contribution >= 0.6 is 0 Å². The molecule has 2 aromatic carbocycles. The number of amides is 1. The predicted octanol–water partition coefficient (Wildman–Crippen LogP) is 3.39. The average Bonchev–Trinajstić information content (AvgIpc) is 2.64. The largest absolute Gasteiger partial charge is 0.461 e. The van der Waals surface area contributed by atoms with Crippen molar-refractivity contribution in [3.63, 3.8) is 0 Å². The van der Waals surface area contributed by atoms with Gasteiger partial charge < -0.3 is 10.1 Å². The molecule has 0 aromatic heterocycles. The lowest BCUT2D eigenvalue weighted by Gasteiger charge is -2.07. The fourth-order valence-corrected chi connectivity index (χ4v) is 2.28. The molecule has 0 aliphatic carbocycles. The molecule has 126 valence electrons. The third kappa shape index (κ3) is 6.24. The number of hydrogen-bond acceptors (Lipinski definition) is 3. The van der Waals surface area contributed by atoms with Gasteiger partial charge in [-0.25, -0.2) is 0 Å². The van der Waals surface area contributed by atoms with Crippen LogP contribution < -0.4 is 5.32 Å². The lowest BCUT2D eigenvalue weighted by molar-refractivity contribution is -0.144. The summed E-state index contributed by atoms with van der Waals surface area (Å²) in [5.74, 6) is -0.178. The minimum atomic E-state index is -0.208. The van der Waals surface area contributed by atoms with Crippen molar-refractivity contribution in [2.75, 3.05) is 0 Å². The van der Waals surface area contributed by atoms with Crippen molar-refractivity contribution in [1.82, 2.24) is 5.32 Å². The van der Waals surface area contributed by atoms with Crippen LogP contribution in [0.1, 0.15) is 36.5 Å². The SMILES string of the molecule is CCC(=O)OCc1cccc(CCC(=O)NCc2ccccc2)c1. The van der Waals surface area contributed by atoms with Gasteiger partial charge >= 0.3 is 5.97 Å². The van der Waals surface area contributed by atoms with Gasteiger partial charge in [-0.15, -0.1) is 0 Å². The number of rotatable bonds is 8. The Morgan fingerprint density at radius 3 is 2.42 bits per heavy atom. The van der Waals surface area contributed by atoms with Crippen LogP contribution in [0.25, 0.3) is 0 Å². The zero-order valence-corrected chi connectivity index (χ0v) is 14.0. The van der Waals surface area contributed by atoms with Crippen molar-refractivity contribution in [1.29, 1.82) is 0 Å². The van der Waals surface area contributed by atoms with E-state index in [0.717, 1.165) is 16.7 Å². The first-order valence-corrected chi connectivity index (χ1v) is 8.21. The molecule has 1 amide bonds. The molecule has 2 rings (SSSR count). The van der Waals surface area contributed by atoms with Crippen molar-refractivity contribution in [2.45, 2.75) is 39.3 Å². The first-order chi connectivity index (χ1) is 11.7. The molecule has 0 radical (unpaired) electrons. The van der Waals surface area contributed by atoms with Gasteiger partial charge in [-0.2, -0.15) is 0 Å². The van der Waals surface area contributed by atoms with Gasteiger partial charge in [0.25, 0.3) is 0 Å². The van der Waals surface area contributed by atoms with E-state index in [0.29, 0.717) is 25.8 Å². The number of benzene rings is 2. The molecule has 4 heteroatoms. The summed E-state index contributed by atoms with van der Waals surface area (Å²) in [6.45, 7) is 2.60. The molecule has 2 aromatic rings. The zero-order chi connectivity index (χ0) is 17.2. The number of carbonyl (C=O) groups is 2. The Kier molecular flexibility index (Phi) is 7.02. The second kappa shape index (κ2) is 9.50. The van der Waals surface area contributed by atoms with Gasteiger partial charge in [0.2, 0.25) is 5.91 Å². The molecule has 0 fully saturated rings. The third-order valence-corrected chi connectivity index (χ3v) is 3.65. The summed E-state index contributed by atoms with van der Waals surface area (Å²) in [5, 5.41) is 2.92. The van der Waals surface area contributed by atoms with Crippen molar-refractivity contribution in [3.8, 4) is 0 Å². The smallest absolute Gasteiger partial charge is 0.305 e. The standard InChI is InChI=1S/C20H23NO3/c1-2-20(23)24-15-18-10-6-9-16(13-18)11-12-19(22)21-14-17-7-4-3-5-8-17/h3-10,13H,2,11-12,14-15H2,1H3,(H,21,22). The summed E-state index contributed by atoms with van der Waals surface area (Å²) in [5.41, 5.74) is 3.10. The molecule has 0 aliphatic heterocycles. The van der Waals surface area contributed by atoms with E-state index in [-0.39, 0.29) is 18.5 Å². The van der Waals surface area contributed by atoms with Crippen LogP contribution in [-0.4, -0.2) is 11.9 Å². The molecule has 0 bridgehead atoms. The maximum Gasteiger partial charge on any atom is 0.305 e. The molecular formula is C20H23NO3. The first-order valence-electron chi connectivity index (χ1n) is 8.21. The van der Waals surface area contributed by atoms with E-state index < -0.39 is 0 Å². The summed E-state index contributed by atoms with van der Waals surface area (Å²) in [6.07, 6.45) is 1.47. The van der Waals surface area contributed by atoms with E-state index >= 15 is 0 Å². The number of carbonyl (C=O) groups excluding carboxylic acids is 2. The summed E-state index contributed by atoms with van der Waals surface area (Å²) in [4.78, 5) is 23.1. The Morgan fingerprint density at radius 2 is 1.67 bits per heavy atom. The van der Waals surface area contributed by atoms with Crippen LogP contribution in [0.5, 0.6) is 0 Å². The topological polar surface area (TPSA) is 55.4 Å². The monoisotopic (exact) mass is 325 g/mol. The normalized spacial score (nSPS) is 10.2. The molecule has 0 spiro atoms. The molecule has 0 saturated carbocycles. The van der Waals surface area contributed by atoms with Crippen LogP contribution in [-0.2, 0) is 33.9 Å². The Bertz CT molecular complexity index is 668. The van der Waals surface area contributed by atoms with Crippen molar-refractivity contribution in [3.05, 3.63) is 71.3 Å². The molecule has 0 unspecified atom stereocenters. The Hall–Kier alpha value is -2.62. The maximum absolute atomic E-state index is 11.9. The number of esters is 1. The van der Waals surface area contributed by atoms with Crippen LogP contribution in [0, 0.1) is 0 Å². The van der Waals surface area contributed by atoms with E-state index in [9.17, 15) is 9.59 Å². The lowest BCUT2D eigenvalue weighted by atomic mass is 10.1. The Balaban J connectivity index is 1.76. The lowest BCUT2D eigenvalue weighted by Crippen LogP contribution is -2.22. The van der Waals surface area contributed by atoms with Gasteiger partial charge in [0.05, 0.1) is 0 Å². The zero-order valence-electron chi connectivity index (χ0n) is 14.0. The van der Waals surface area contributed by atoms with Crippen LogP contribution in [0.2, 0.25) is 0 Å². The van der Waals surface area contributed by atoms with Gasteiger partial charge in [-0.1, -0.05) is 61.5 Å². The summed E-state index contributed by atoms with van der Waals surface area (Å²) in [7, 11) is 0.